The van der Waals surface area contributed by atoms with Gasteiger partial charge < -0.3 is 5.11 Å². The Labute approximate surface area is 147 Å². The zero-order valence-electron chi connectivity index (χ0n) is 13.3. The van der Waals surface area contributed by atoms with Crippen LogP contribution < -0.4 is 0 Å². The molecule has 0 bridgehead atoms. The van der Waals surface area contributed by atoms with Crippen molar-refractivity contribution in [2.24, 2.45) is 0 Å². The molecule has 0 atom stereocenters. The lowest BCUT2D eigenvalue weighted by atomic mass is 10.1. The highest BCUT2D eigenvalue weighted by molar-refractivity contribution is 5.57. The van der Waals surface area contributed by atoms with E-state index in [4.69, 9.17) is 5.26 Å². The summed E-state index contributed by atoms with van der Waals surface area (Å²) in [6, 6.07) is 23.9. The van der Waals surface area contributed by atoms with Gasteiger partial charge in [0.1, 0.15) is 11.8 Å². The molecule has 3 rings (SSSR count). The molecule has 1 N–H and O–H groups in total. The zero-order chi connectivity index (χ0) is 17.5. The summed E-state index contributed by atoms with van der Waals surface area (Å²) < 4.78 is 0. The number of aromatic hydroxyl groups is 1. The SMILES string of the molecule is N#Cc1ccccc1C#Cc1ccccc1C#Cc1ccccc1O. The van der Waals surface area contributed by atoms with Crippen LogP contribution in [-0.2, 0) is 0 Å². The fraction of sp³-hybridized carbons (Fsp3) is 0. The summed E-state index contributed by atoms with van der Waals surface area (Å²) in [5, 5.41) is 18.9. The Morgan fingerprint density at radius 2 is 0.880 bits per heavy atom. The van der Waals surface area contributed by atoms with Gasteiger partial charge in [0.15, 0.2) is 0 Å². The van der Waals surface area contributed by atoms with Gasteiger partial charge in [-0.15, -0.1) is 0 Å². The Bertz CT molecular complexity index is 1080. The Morgan fingerprint density at radius 3 is 1.36 bits per heavy atom. The lowest BCUT2D eigenvalue weighted by molar-refractivity contribution is 0.473. The highest BCUT2D eigenvalue weighted by atomic mass is 16.3. The minimum atomic E-state index is 0.154. The molecule has 116 valence electrons. The van der Waals surface area contributed by atoms with Crippen molar-refractivity contribution in [1.29, 1.82) is 5.26 Å². The van der Waals surface area contributed by atoms with E-state index in [1.807, 2.05) is 48.5 Å². The summed E-state index contributed by atoms with van der Waals surface area (Å²) in [4.78, 5) is 0. The summed E-state index contributed by atoms with van der Waals surface area (Å²) in [6.45, 7) is 0. The van der Waals surface area contributed by atoms with E-state index in [-0.39, 0.29) is 5.75 Å². The number of nitrogens with zero attached hydrogens (tertiary/aromatic N) is 1. The molecule has 0 radical (unpaired) electrons. The molecule has 25 heavy (non-hydrogen) atoms. The molecule has 0 heterocycles. The molecule has 0 aliphatic heterocycles. The third-order valence-corrected chi connectivity index (χ3v) is 3.54. The molecule has 0 fully saturated rings. The molecular formula is C23H13NO. The maximum atomic E-state index is 9.81. The average molecular weight is 319 g/mol. The predicted octanol–water partition coefficient (Wildman–Crippen LogP) is 4.06. The van der Waals surface area contributed by atoms with Gasteiger partial charge >= 0.3 is 0 Å². The van der Waals surface area contributed by atoms with E-state index in [9.17, 15) is 5.11 Å². The molecule has 0 saturated heterocycles. The van der Waals surface area contributed by atoms with Gasteiger partial charge in [0.25, 0.3) is 0 Å². The molecule has 3 aromatic rings. The van der Waals surface area contributed by atoms with Gasteiger partial charge in [-0.05, 0) is 36.4 Å². The second-order valence-electron chi connectivity index (χ2n) is 5.22. The fourth-order valence-corrected chi connectivity index (χ4v) is 2.24. The molecule has 0 saturated carbocycles. The van der Waals surface area contributed by atoms with Gasteiger partial charge in [0, 0.05) is 16.7 Å². The summed E-state index contributed by atoms with van der Waals surface area (Å²) in [6.07, 6.45) is 0. The van der Waals surface area contributed by atoms with Crippen molar-refractivity contribution in [3.63, 3.8) is 0 Å². The summed E-state index contributed by atoms with van der Waals surface area (Å²) in [5.74, 6) is 12.3. The first-order valence-corrected chi connectivity index (χ1v) is 7.68. The lowest BCUT2D eigenvalue weighted by Gasteiger charge is -1.97. The molecular weight excluding hydrogens is 306 g/mol. The fourth-order valence-electron chi connectivity index (χ4n) is 2.24. The first-order chi connectivity index (χ1) is 12.3. The molecule has 2 heteroatoms. The number of hydrogen-bond acceptors (Lipinski definition) is 2. The number of phenolic OH excluding ortho intramolecular Hbond substituents is 1. The maximum absolute atomic E-state index is 9.81. The van der Waals surface area contributed by atoms with Crippen LogP contribution in [-0.4, -0.2) is 5.11 Å². The van der Waals surface area contributed by atoms with Crippen LogP contribution in [0.2, 0.25) is 0 Å². The quantitative estimate of drug-likeness (QED) is 0.635. The third kappa shape index (κ3) is 3.89. The van der Waals surface area contributed by atoms with Crippen molar-refractivity contribution in [1.82, 2.24) is 0 Å². The largest absolute Gasteiger partial charge is 0.507 e. The number of benzene rings is 3. The van der Waals surface area contributed by atoms with Crippen LogP contribution in [0.4, 0.5) is 0 Å². The van der Waals surface area contributed by atoms with E-state index in [0.717, 1.165) is 11.1 Å². The van der Waals surface area contributed by atoms with Gasteiger partial charge in [-0.1, -0.05) is 60.1 Å². The normalized spacial score (nSPS) is 9.08. The predicted molar refractivity (Wildman–Crippen MR) is 97.7 cm³/mol. The molecule has 2 nitrogen and oxygen atoms in total. The van der Waals surface area contributed by atoms with Crippen molar-refractivity contribution >= 4 is 0 Å². The number of hydrogen-bond donors (Lipinski definition) is 1. The van der Waals surface area contributed by atoms with Crippen LogP contribution in [0.15, 0.2) is 72.8 Å². The second-order valence-corrected chi connectivity index (χ2v) is 5.22. The van der Waals surface area contributed by atoms with Crippen LogP contribution in [0, 0.1) is 35.0 Å². The molecule has 0 unspecified atom stereocenters. The van der Waals surface area contributed by atoms with E-state index in [1.165, 1.54) is 0 Å². The first kappa shape index (κ1) is 15.9. The lowest BCUT2D eigenvalue weighted by Crippen LogP contribution is -1.85. The van der Waals surface area contributed by atoms with E-state index in [2.05, 4.69) is 29.8 Å². The minimum Gasteiger partial charge on any atom is -0.507 e. The van der Waals surface area contributed by atoms with E-state index < -0.39 is 0 Å². The van der Waals surface area contributed by atoms with Crippen molar-refractivity contribution in [3.8, 4) is 35.5 Å². The topological polar surface area (TPSA) is 44.0 Å². The Kier molecular flexibility index (Phi) is 4.82. The van der Waals surface area contributed by atoms with Crippen LogP contribution in [0.25, 0.3) is 0 Å². The van der Waals surface area contributed by atoms with Crippen LogP contribution >= 0.6 is 0 Å². The third-order valence-electron chi connectivity index (χ3n) is 3.54. The maximum Gasteiger partial charge on any atom is 0.131 e. The number of rotatable bonds is 0. The number of para-hydroxylation sites is 1. The molecule has 0 amide bonds. The highest BCUT2D eigenvalue weighted by Gasteiger charge is 1.99. The van der Waals surface area contributed by atoms with Crippen LogP contribution in [0.3, 0.4) is 0 Å². The number of phenols is 1. The minimum absolute atomic E-state index is 0.154. The number of nitriles is 1. The van der Waals surface area contributed by atoms with Crippen molar-refractivity contribution in [2.45, 2.75) is 0 Å². The summed E-state index contributed by atoms with van der Waals surface area (Å²) in [7, 11) is 0. The highest BCUT2D eigenvalue weighted by Crippen LogP contribution is 2.14. The van der Waals surface area contributed by atoms with Gasteiger partial charge in [0.05, 0.1) is 11.1 Å². The molecule has 3 aromatic carbocycles. The molecule has 0 spiro atoms. The van der Waals surface area contributed by atoms with Gasteiger partial charge in [0.2, 0.25) is 0 Å². The van der Waals surface area contributed by atoms with Crippen LogP contribution in [0.5, 0.6) is 5.75 Å². The summed E-state index contributed by atoms with van der Waals surface area (Å²) >= 11 is 0. The van der Waals surface area contributed by atoms with Gasteiger partial charge in [-0.3, -0.25) is 0 Å². The van der Waals surface area contributed by atoms with Crippen molar-refractivity contribution < 1.29 is 5.11 Å². The molecule has 0 aliphatic carbocycles. The van der Waals surface area contributed by atoms with Crippen LogP contribution in [0.1, 0.15) is 27.8 Å². The average Bonchev–Trinajstić information content (AvgIpc) is 2.66. The van der Waals surface area contributed by atoms with E-state index in [0.29, 0.717) is 16.7 Å². The standard InChI is InChI=1S/C23H13NO/c24-17-22-11-4-3-9-20(22)14-13-18-7-1-2-8-19(18)15-16-21-10-5-6-12-23(21)25/h1-12,25H. The Hall–Kier alpha value is -3.93. The smallest absolute Gasteiger partial charge is 0.131 e. The Morgan fingerprint density at radius 1 is 0.520 bits per heavy atom. The second kappa shape index (κ2) is 7.56. The van der Waals surface area contributed by atoms with Gasteiger partial charge in [-0.25, -0.2) is 0 Å². The van der Waals surface area contributed by atoms with Gasteiger partial charge in [-0.2, -0.15) is 5.26 Å². The Balaban J connectivity index is 1.98. The van der Waals surface area contributed by atoms with E-state index in [1.54, 1.807) is 24.3 Å². The monoisotopic (exact) mass is 319 g/mol. The summed E-state index contributed by atoms with van der Waals surface area (Å²) in [5.41, 5.74) is 3.35. The zero-order valence-corrected chi connectivity index (χ0v) is 13.3. The first-order valence-electron chi connectivity index (χ1n) is 7.68. The van der Waals surface area contributed by atoms with Crippen molar-refractivity contribution in [2.75, 3.05) is 0 Å². The van der Waals surface area contributed by atoms with Crippen molar-refractivity contribution in [3.05, 3.63) is 101 Å². The van der Waals surface area contributed by atoms with E-state index >= 15 is 0 Å². The molecule has 0 aromatic heterocycles. The molecule has 0 aliphatic rings.